The number of hydrogen-bond acceptors (Lipinski definition) is 4. The summed E-state index contributed by atoms with van der Waals surface area (Å²) in [5.74, 6) is 1.43. The van der Waals surface area contributed by atoms with E-state index >= 15 is 0 Å². The summed E-state index contributed by atoms with van der Waals surface area (Å²) in [7, 11) is 0. The van der Waals surface area contributed by atoms with E-state index in [9.17, 15) is 0 Å². The van der Waals surface area contributed by atoms with Gasteiger partial charge in [-0.15, -0.1) is 10.2 Å². The van der Waals surface area contributed by atoms with Gasteiger partial charge >= 0.3 is 0 Å². The van der Waals surface area contributed by atoms with Crippen LogP contribution in [-0.2, 0) is 6.54 Å². The summed E-state index contributed by atoms with van der Waals surface area (Å²) in [6.07, 6.45) is 2.39. The maximum absolute atomic E-state index is 3.93. The second-order valence-corrected chi connectivity index (χ2v) is 4.93. The van der Waals surface area contributed by atoms with Gasteiger partial charge in [0.15, 0.2) is 5.82 Å². The van der Waals surface area contributed by atoms with E-state index in [0.29, 0.717) is 18.5 Å². The molecule has 0 unspecified atom stereocenters. The summed E-state index contributed by atoms with van der Waals surface area (Å²) in [5, 5.41) is 17.3. The molecule has 2 aromatic rings. The molecule has 1 heterocycles. The number of tetrazole rings is 1. The molecule has 18 heavy (non-hydrogen) atoms. The molecule has 1 aliphatic carbocycles. The highest BCUT2D eigenvalue weighted by Gasteiger charge is 2.30. The molecule has 5 heteroatoms. The number of benzene rings is 1. The lowest BCUT2D eigenvalue weighted by Gasteiger charge is -2.37. The van der Waals surface area contributed by atoms with Gasteiger partial charge < -0.3 is 5.32 Å². The second kappa shape index (κ2) is 4.86. The lowest BCUT2D eigenvalue weighted by atomic mass is 9.74. The minimum Gasteiger partial charge on any atom is -0.307 e. The van der Waals surface area contributed by atoms with Gasteiger partial charge in [0.2, 0.25) is 0 Å². The molecule has 1 saturated carbocycles. The predicted octanol–water partition coefficient (Wildman–Crippen LogP) is 1.54. The highest BCUT2D eigenvalue weighted by molar-refractivity contribution is 5.31. The Morgan fingerprint density at radius 2 is 2.17 bits per heavy atom. The van der Waals surface area contributed by atoms with E-state index in [2.05, 4.69) is 57.1 Å². The molecular formula is C13H17N5. The lowest BCUT2D eigenvalue weighted by Crippen LogP contribution is -2.40. The highest BCUT2D eigenvalue weighted by Crippen LogP contribution is 2.38. The minimum absolute atomic E-state index is 0.577. The summed E-state index contributed by atoms with van der Waals surface area (Å²) in [6, 6.07) is 9.24. The van der Waals surface area contributed by atoms with Gasteiger partial charge in [0.25, 0.3) is 0 Å². The molecule has 1 aliphatic rings. The molecule has 2 N–H and O–H groups in total. The van der Waals surface area contributed by atoms with Crippen LogP contribution in [0.4, 0.5) is 0 Å². The van der Waals surface area contributed by atoms with Crippen molar-refractivity contribution in [1.82, 2.24) is 25.9 Å². The van der Waals surface area contributed by atoms with Crippen LogP contribution in [-0.4, -0.2) is 26.7 Å². The molecule has 94 valence electrons. The SMILES string of the molecule is Cc1ccccc1C1CC(NCc2nn[nH]n2)C1. The second-order valence-electron chi connectivity index (χ2n) is 4.93. The Morgan fingerprint density at radius 1 is 1.33 bits per heavy atom. The van der Waals surface area contributed by atoms with Crippen molar-refractivity contribution in [3.05, 3.63) is 41.2 Å². The zero-order valence-corrected chi connectivity index (χ0v) is 10.4. The van der Waals surface area contributed by atoms with Crippen LogP contribution in [0.5, 0.6) is 0 Å². The number of aromatic amines is 1. The largest absolute Gasteiger partial charge is 0.307 e. The van der Waals surface area contributed by atoms with Crippen molar-refractivity contribution in [2.75, 3.05) is 0 Å². The zero-order chi connectivity index (χ0) is 12.4. The highest BCUT2D eigenvalue weighted by atomic mass is 15.5. The van der Waals surface area contributed by atoms with E-state index in [1.165, 1.54) is 24.0 Å². The van der Waals surface area contributed by atoms with Crippen molar-refractivity contribution in [2.45, 2.75) is 38.3 Å². The fraction of sp³-hybridized carbons (Fsp3) is 0.462. The van der Waals surface area contributed by atoms with Crippen molar-refractivity contribution in [2.24, 2.45) is 0 Å². The monoisotopic (exact) mass is 243 g/mol. The molecule has 1 fully saturated rings. The van der Waals surface area contributed by atoms with E-state index in [1.807, 2.05) is 0 Å². The quantitative estimate of drug-likeness (QED) is 0.855. The van der Waals surface area contributed by atoms with E-state index in [-0.39, 0.29) is 0 Å². The van der Waals surface area contributed by atoms with Crippen molar-refractivity contribution in [3.8, 4) is 0 Å². The van der Waals surface area contributed by atoms with Crippen molar-refractivity contribution in [1.29, 1.82) is 0 Å². The van der Waals surface area contributed by atoms with E-state index in [0.717, 1.165) is 5.82 Å². The Balaban J connectivity index is 1.50. The number of rotatable bonds is 4. The Morgan fingerprint density at radius 3 is 2.89 bits per heavy atom. The number of nitrogens with one attached hydrogen (secondary N) is 2. The van der Waals surface area contributed by atoms with Gasteiger partial charge in [-0.3, -0.25) is 0 Å². The Kier molecular flexibility index (Phi) is 3.06. The number of H-pyrrole nitrogens is 1. The third-order valence-corrected chi connectivity index (χ3v) is 3.70. The van der Waals surface area contributed by atoms with E-state index < -0.39 is 0 Å². The van der Waals surface area contributed by atoms with Gasteiger partial charge in [0.1, 0.15) is 0 Å². The van der Waals surface area contributed by atoms with Gasteiger partial charge in [-0.25, -0.2) is 0 Å². The maximum Gasteiger partial charge on any atom is 0.188 e. The van der Waals surface area contributed by atoms with Crippen molar-refractivity contribution < 1.29 is 0 Å². The summed E-state index contributed by atoms with van der Waals surface area (Å²) in [4.78, 5) is 0. The van der Waals surface area contributed by atoms with Gasteiger partial charge in [0.05, 0.1) is 6.54 Å². The standard InChI is InChI=1S/C13H17N5/c1-9-4-2-3-5-12(9)10-6-11(7-10)14-8-13-15-17-18-16-13/h2-5,10-11,14H,6-8H2,1H3,(H,15,16,17,18). The molecule has 0 amide bonds. The number of nitrogens with zero attached hydrogens (tertiary/aromatic N) is 3. The van der Waals surface area contributed by atoms with Gasteiger partial charge in [-0.2, -0.15) is 5.21 Å². The Labute approximate surface area is 106 Å². The molecule has 0 spiro atoms. The predicted molar refractivity (Wildman–Crippen MR) is 68.0 cm³/mol. The molecule has 5 nitrogen and oxygen atoms in total. The first kappa shape index (κ1) is 11.3. The van der Waals surface area contributed by atoms with Crippen molar-refractivity contribution >= 4 is 0 Å². The van der Waals surface area contributed by atoms with Gasteiger partial charge in [-0.05, 0) is 36.8 Å². The fourth-order valence-corrected chi connectivity index (χ4v) is 2.58. The van der Waals surface area contributed by atoms with Gasteiger partial charge in [0, 0.05) is 6.04 Å². The maximum atomic E-state index is 3.93. The van der Waals surface area contributed by atoms with Crippen LogP contribution < -0.4 is 5.32 Å². The summed E-state index contributed by atoms with van der Waals surface area (Å²) >= 11 is 0. The van der Waals surface area contributed by atoms with Crippen LogP contribution in [0.3, 0.4) is 0 Å². The Hall–Kier alpha value is -1.75. The molecule has 1 aromatic carbocycles. The first-order valence-corrected chi connectivity index (χ1v) is 6.34. The normalized spacial score (nSPS) is 22.7. The Bertz CT molecular complexity index is 502. The topological polar surface area (TPSA) is 66.5 Å². The van der Waals surface area contributed by atoms with Crippen LogP contribution in [0.2, 0.25) is 0 Å². The third-order valence-electron chi connectivity index (χ3n) is 3.70. The average Bonchev–Trinajstić information content (AvgIpc) is 2.82. The molecule has 0 radical (unpaired) electrons. The molecule has 0 bridgehead atoms. The van der Waals surface area contributed by atoms with E-state index in [1.54, 1.807) is 0 Å². The fourth-order valence-electron chi connectivity index (χ4n) is 2.58. The van der Waals surface area contributed by atoms with Crippen LogP contribution in [0, 0.1) is 6.92 Å². The summed E-state index contributed by atoms with van der Waals surface area (Å²) in [6.45, 7) is 2.89. The first-order valence-electron chi connectivity index (χ1n) is 6.34. The van der Waals surface area contributed by atoms with E-state index in [4.69, 9.17) is 0 Å². The number of hydrogen-bond donors (Lipinski definition) is 2. The molecule has 0 saturated heterocycles. The van der Waals surface area contributed by atoms with Crippen LogP contribution >= 0.6 is 0 Å². The smallest absolute Gasteiger partial charge is 0.188 e. The molecular weight excluding hydrogens is 226 g/mol. The van der Waals surface area contributed by atoms with Crippen LogP contribution in [0.1, 0.15) is 35.7 Å². The summed E-state index contributed by atoms with van der Waals surface area (Å²) in [5.41, 5.74) is 2.90. The van der Waals surface area contributed by atoms with Crippen LogP contribution in [0.15, 0.2) is 24.3 Å². The van der Waals surface area contributed by atoms with Crippen LogP contribution in [0.25, 0.3) is 0 Å². The lowest BCUT2D eigenvalue weighted by molar-refractivity contribution is 0.287. The number of aryl methyl sites for hydroxylation is 1. The first-order chi connectivity index (χ1) is 8.83. The zero-order valence-electron chi connectivity index (χ0n) is 10.4. The van der Waals surface area contributed by atoms with Gasteiger partial charge in [-0.1, -0.05) is 29.5 Å². The molecule has 3 rings (SSSR count). The molecule has 0 aliphatic heterocycles. The molecule has 1 aromatic heterocycles. The van der Waals surface area contributed by atoms with Crippen molar-refractivity contribution in [3.63, 3.8) is 0 Å². The minimum atomic E-state index is 0.577. The summed E-state index contributed by atoms with van der Waals surface area (Å²) < 4.78 is 0. The molecule has 0 atom stereocenters. The number of aromatic nitrogens is 4. The third kappa shape index (κ3) is 2.26. The average molecular weight is 243 g/mol.